The number of hydrogen-bond acceptors (Lipinski definition) is 4. The van der Waals surface area contributed by atoms with E-state index in [2.05, 4.69) is 45.4 Å². The summed E-state index contributed by atoms with van der Waals surface area (Å²) < 4.78 is 0. The van der Waals surface area contributed by atoms with Crippen LogP contribution in [0.1, 0.15) is 30.7 Å². The van der Waals surface area contributed by atoms with Gasteiger partial charge in [0.05, 0.1) is 6.54 Å². The summed E-state index contributed by atoms with van der Waals surface area (Å²) in [7, 11) is 0. The second-order valence-electron chi connectivity index (χ2n) is 9.54. The molecule has 0 aromatic heterocycles. The van der Waals surface area contributed by atoms with Crippen molar-refractivity contribution in [3.8, 4) is 0 Å². The van der Waals surface area contributed by atoms with Crippen molar-refractivity contribution in [3.05, 3.63) is 35.9 Å². The topological polar surface area (TPSA) is 55.8 Å². The van der Waals surface area contributed by atoms with Gasteiger partial charge in [-0.2, -0.15) is 0 Å². The maximum absolute atomic E-state index is 10.9. The maximum Gasteiger partial charge on any atom is 0.317 e. The molecule has 2 saturated carbocycles. The third-order valence-corrected chi connectivity index (χ3v) is 7.27. The number of carbonyl (C=O) groups is 1. The second-order valence-corrected chi connectivity index (χ2v) is 9.54. The monoisotopic (exact) mass is 369 g/mol. The van der Waals surface area contributed by atoms with Crippen molar-refractivity contribution in [1.29, 1.82) is 0 Å². The SMILES string of the molecule is O=C(O)CN1CC2CN(CC3(CN[C@H]4CC4c4ccccc4)CC3)CC2C1. The van der Waals surface area contributed by atoms with Crippen LogP contribution in [0.25, 0.3) is 0 Å². The number of likely N-dealkylation sites (tertiary alicyclic amines) is 2. The van der Waals surface area contributed by atoms with Crippen molar-refractivity contribution in [2.75, 3.05) is 45.8 Å². The van der Waals surface area contributed by atoms with Gasteiger partial charge in [0.2, 0.25) is 0 Å². The summed E-state index contributed by atoms with van der Waals surface area (Å²) in [5, 5.41) is 12.9. The highest BCUT2D eigenvalue weighted by atomic mass is 16.4. The third-order valence-electron chi connectivity index (χ3n) is 7.27. The molecule has 1 aromatic rings. The number of hydrogen-bond donors (Lipinski definition) is 2. The molecule has 3 unspecified atom stereocenters. The summed E-state index contributed by atoms with van der Waals surface area (Å²) in [6, 6.07) is 11.6. The van der Waals surface area contributed by atoms with Gasteiger partial charge in [0, 0.05) is 51.2 Å². The van der Waals surface area contributed by atoms with Gasteiger partial charge in [-0.15, -0.1) is 0 Å². The lowest BCUT2D eigenvalue weighted by atomic mass is 10.0. The van der Waals surface area contributed by atoms with Crippen molar-refractivity contribution in [1.82, 2.24) is 15.1 Å². The molecule has 4 atom stereocenters. The van der Waals surface area contributed by atoms with Gasteiger partial charge in [-0.05, 0) is 42.1 Å². The van der Waals surface area contributed by atoms with E-state index < -0.39 is 5.97 Å². The molecule has 5 heteroatoms. The molecule has 0 amide bonds. The molecule has 27 heavy (non-hydrogen) atoms. The number of aliphatic carboxylic acids is 1. The first-order valence-electron chi connectivity index (χ1n) is 10.6. The van der Waals surface area contributed by atoms with Crippen LogP contribution in [0.2, 0.25) is 0 Å². The molecule has 0 spiro atoms. The molecule has 5 rings (SSSR count). The van der Waals surface area contributed by atoms with Crippen LogP contribution in [0, 0.1) is 17.3 Å². The quantitative estimate of drug-likeness (QED) is 0.733. The lowest BCUT2D eigenvalue weighted by Gasteiger charge is -2.25. The van der Waals surface area contributed by atoms with E-state index in [4.69, 9.17) is 5.11 Å². The molecule has 2 aliphatic carbocycles. The minimum Gasteiger partial charge on any atom is -0.480 e. The number of nitrogens with zero attached hydrogens (tertiary/aromatic N) is 2. The van der Waals surface area contributed by atoms with Gasteiger partial charge in [-0.3, -0.25) is 9.69 Å². The highest BCUT2D eigenvalue weighted by Crippen LogP contribution is 2.48. The summed E-state index contributed by atoms with van der Waals surface area (Å²) in [4.78, 5) is 15.7. The molecule has 4 aliphatic rings. The number of carboxylic acid groups (broad SMARTS) is 1. The van der Waals surface area contributed by atoms with E-state index in [0.717, 1.165) is 19.6 Å². The van der Waals surface area contributed by atoms with Crippen molar-refractivity contribution in [2.45, 2.75) is 31.2 Å². The Hall–Kier alpha value is -1.43. The van der Waals surface area contributed by atoms with E-state index >= 15 is 0 Å². The fourth-order valence-corrected chi connectivity index (χ4v) is 5.52. The van der Waals surface area contributed by atoms with Gasteiger partial charge in [0.15, 0.2) is 0 Å². The Labute approximate surface area is 161 Å². The van der Waals surface area contributed by atoms with Gasteiger partial charge in [0.1, 0.15) is 0 Å². The van der Waals surface area contributed by atoms with Crippen LogP contribution in [-0.2, 0) is 4.79 Å². The first kappa shape index (κ1) is 17.7. The van der Waals surface area contributed by atoms with Crippen molar-refractivity contribution >= 4 is 5.97 Å². The van der Waals surface area contributed by atoms with Gasteiger partial charge < -0.3 is 15.3 Å². The molecule has 0 bridgehead atoms. The maximum atomic E-state index is 10.9. The van der Waals surface area contributed by atoms with Gasteiger partial charge in [-0.1, -0.05) is 30.3 Å². The van der Waals surface area contributed by atoms with Gasteiger partial charge in [-0.25, -0.2) is 0 Å². The minimum absolute atomic E-state index is 0.213. The molecule has 2 heterocycles. The molecule has 4 fully saturated rings. The predicted octanol–water partition coefficient (Wildman–Crippen LogP) is 1.86. The van der Waals surface area contributed by atoms with Crippen LogP contribution < -0.4 is 5.32 Å². The molecule has 5 nitrogen and oxygen atoms in total. The molecular formula is C22H31N3O2. The number of nitrogens with one attached hydrogen (secondary N) is 1. The van der Waals surface area contributed by atoms with E-state index in [1.807, 2.05) is 0 Å². The van der Waals surface area contributed by atoms with Crippen LogP contribution in [0.4, 0.5) is 0 Å². The Morgan fingerprint density at radius 3 is 2.37 bits per heavy atom. The first-order valence-corrected chi connectivity index (χ1v) is 10.6. The van der Waals surface area contributed by atoms with Crippen LogP contribution in [-0.4, -0.2) is 72.7 Å². The Morgan fingerprint density at radius 2 is 1.74 bits per heavy atom. The molecule has 2 aliphatic heterocycles. The zero-order valence-electron chi connectivity index (χ0n) is 16.0. The zero-order valence-corrected chi connectivity index (χ0v) is 16.0. The molecule has 2 saturated heterocycles. The van der Waals surface area contributed by atoms with Crippen LogP contribution >= 0.6 is 0 Å². The van der Waals surface area contributed by atoms with Crippen LogP contribution in [0.3, 0.4) is 0 Å². The van der Waals surface area contributed by atoms with E-state index in [9.17, 15) is 4.79 Å². The Bertz CT molecular complexity index is 676. The summed E-state index contributed by atoms with van der Waals surface area (Å²) in [5.41, 5.74) is 1.99. The highest BCUT2D eigenvalue weighted by Gasteiger charge is 2.49. The number of carboxylic acids is 1. The van der Waals surface area contributed by atoms with Gasteiger partial charge in [0.25, 0.3) is 0 Å². The minimum atomic E-state index is -0.691. The van der Waals surface area contributed by atoms with E-state index in [1.54, 1.807) is 0 Å². The smallest absolute Gasteiger partial charge is 0.317 e. The standard InChI is InChI=1S/C22H31N3O2/c26-21(27)13-24-9-17-11-25(12-18(17)10-24)15-22(6-7-22)14-23-20-8-19(20)16-4-2-1-3-5-16/h1-5,17-20,23H,6-15H2,(H,26,27)/t17?,18?,19?,20-/m0/s1. The molecule has 2 N–H and O–H groups in total. The molecular weight excluding hydrogens is 338 g/mol. The molecule has 1 aromatic carbocycles. The summed E-state index contributed by atoms with van der Waals surface area (Å²) in [6.07, 6.45) is 4.01. The normalized spacial score (nSPS) is 34.5. The lowest BCUT2D eigenvalue weighted by molar-refractivity contribution is -0.138. The molecule has 146 valence electrons. The second kappa shape index (κ2) is 6.87. The van der Waals surface area contributed by atoms with E-state index in [-0.39, 0.29) is 6.54 Å². The predicted molar refractivity (Wildman–Crippen MR) is 105 cm³/mol. The van der Waals surface area contributed by atoms with E-state index in [0.29, 0.717) is 29.2 Å². The van der Waals surface area contributed by atoms with Crippen LogP contribution in [0.15, 0.2) is 30.3 Å². The van der Waals surface area contributed by atoms with Crippen LogP contribution in [0.5, 0.6) is 0 Å². The number of fused-ring (bicyclic) bond motifs is 1. The van der Waals surface area contributed by atoms with Crippen molar-refractivity contribution in [3.63, 3.8) is 0 Å². The summed E-state index contributed by atoms with van der Waals surface area (Å²) in [5.74, 6) is 1.38. The summed E-state index contributed by atoms with van der Waals surface area (Å²) >= 11 is 0. The summed E-state index contributed by atoms with van der Waals surface area (Å²) in [6.45, 7) is 6.88. The Balaban J connectivity index is 1.07. The largest absolute Gasteiger partial charge is 0.480 e. The first-order chi connectivity index (χ1) is 13.1. The van der Waals surface area contributed by atoms with Gasteiger partial charge >= 0.3 is 5.97 Å². The van der Waals surface area contributed by atoms with E-state index in [1.165, 1.54) is 44.5 Å². The number of rotatable bonds is 8. The Morgan fingerprint density at radius 1 is 1.07 bits per heavy atom. The fourth-order valence-electron chi connectivity index (χ4n) is 5.52. The zero-order chi connectivity index (χ0) is 18.4. The fraction of sp³-hybridized carbons (Fsp3) is 0.682. The Kier molecular flexibility index (Phi) is 4.49. The lowest BCUT2D eigenvalue weighted by Crippen LogP contribution is -2.38. The average molecular weight is 370 g/mol. The third kappa shape index (κ3) is 3.91. The number of benzene rings is 1. The van der Waals surface area contributed by atoms with Crippen molar-refractivity contribution < 1.29 is 9.90 Å². The molecule has 0 radical (unpaired) electrons. The van der Waals surface area contributed by atoms with Crippen molar-refractivity contribution in [2.24, 2.45) is 17.3 Å². The highest BCUT2D eigenvalue weighted by molar-refractivity contribution is 5.69. The average Bonchev–Trinajstić information content (AvgIpc) is 3.50.